The van der Waals surface area contributed by atoms with Gasteiger partial charge in [-0.1, -0.05) is 48.5 Å². The smallest absolute Gasteiger partial charge is 0.236 e. The van der Waals surface area contributed by atoms with Gasteiger partial charge in [0.05, 0.1) is 0 Å². The largest absolute Gasteiger partial charge is 0.344 e. The minimum atomic E-state index is -3.43. The van der Waals surface area contributed by atoms with Crippen molar-refractivity contribution >= 4 is 19.0 Å². The van der Waals surface area contributed by atoms with E-state index in [9.17, 15) is 14.3 Å². The molecule has 0 fully saturated rings. The zero-order valence-electron chi connectivity index (χ0n) is 14.3. The van der Waals surface area contributed by atoms with Crippen molar-refractivity contribution in [2.24, 2.45) is 0 Å². The van der Waals surface area contributed by atoms with E-state index in [1.807, 2.05) is 42.5 Å². The second-order valence-corrected chi connectivity index (χ2v) is 9.05. The standard InChI is InChI=1S/C20H24NO3P/c22-20(21-14-13-18-11-4-5-12-19(18)21)16-25(23,24)15-7-6-10-17-8-2-1-3-9-17/h1-5,8-9,11-12H,6-7,10,13-16H2,(H,23,24). The highest BCUT2D eigenvalue weighted by Gasteiger charge is 2.29. The average molecular weight is 357 g/mol. The number of aryl methyl sites for hydroxylation is 1. The Balaban J connectivity index is 1.48. The van der Waals surface area contributed by atoms with Gasteiger partial charge in [0.2, 0.25) is 13.3 Å². The van der Waals surface area contributed by atoms with Crippen LogP contribution in [0.15, 0.2) is 54.6 Å². The van der Waals surface area contributed by atoms with E-state index in [-0.39, 0.29) is 18.2 Å². The fourth-order valence-corrected chi connectivity index (χ4v) is 4.78. The second-order valence-electron chi connectivity index (χ2n) is 6.59. The Kier molecular flexibility index (Phi) is 5.72. The van der Waals surface area contributed by atoms with Crippen molar-refractivity contribution in [2.75, 3.05) is 23.8 Å². The molecule has 1 aliphatic heterocycles. The van der Waals surface area contributed by atoms with Gasteiger partial charge in [-0.15, -0.1) is 0 Å². The molecule has 3 rings (SSSR count). The summed E-state index contributed by atoms with van der Waals surface area (Å²) in [5.41, 5.74) is 3.25. The van der Waals surface area contributed by atoms with E-state index in [2.05, 4.69) is 12.1 Å². The summed E-state index contributed by atoms with van der Waals surface area (Å²) in [5.74, 6) is -0.237. The van der Waals surface area contributed by atoms with Crippen molar-refractivity contribution in [3.05, 3.63) is 65.7 Å². The lowest BCUT2D eigenvalue weighted by atomic mass is 10.1. The molecule has 0 saturated heterocycles. The van der Waals surface area contributed by atoms with Crippen LogP contribution in [0.2, 0.25) is 0 Å². The number of hydrogen-bond donors (Lipinski definition) is 1. The maximum absolute atomic E-state index is 12.5. The quantitative estimate of drug-likeness (QED) is 0.604. The summed E-state index contributed by atoms with van der Waals surface area (Å²) in [4.78, 5) is 24.3. The maximum Gasteiger partial charge on any atom is 0.236 e. The molecule has 25 heavy (non-hydrogen) atoms. The first-order valence-electron chi connectivity index (χ1n) is 8.78. The third-order valence-corrected chi connectivity index (χ3v) is 6.42. The van der Waals surface area contributed by atoms with Crippen LogP contribution in [0.1, 0.15) is 24.0 Å². The first-order valence-corrected chi connectivity index (χ1v) is 10.8. The summed E-state index contributed by atoms with van der Waals surface area (Å²) in [7, 11) is -3.43. The minimum Gasteiger partial charge on any atom is -0.344 e. The van der Waals surface area contributed by atoms with Crippen molar-refractivity contribution in [3.63, 3.8) is 0 Å². The second kappa shape index (κ2) is 7.99. The molecule has 1 heterocycles. The van der Waals surface area contributed by atoms with Crippen molar-refractivity contribution in [1.29, 1.82) is 0 Å². The van der Waals surface area contributed by atoms with Crippen LogP contribution >= 0.6 is 7.37 Å². The molecule has 0 bridgehead atoms. The fraction of sp³-hybridized carbons (Fsp3) is 0.350. The first-order chi connectivity index (χ1) is 12.1. The molecule has 0 aromatic heterocycles. The summed E-state index contributed by atoms with van der Waals surface area (Å²) in [6, 6.07) is 17.9. The Hall–Kier alpha value is -1.90. The highest BCUT2D eigenvalue weighted by atomic mass is 31.2. The zero-order chi connectivity index (χ0) is 17.7. The Labute approximate surface area is 148 Å². The molecule has 0 spiro atoms. The number of unbranched alkanes of at least 4 members (excludes halogenated alkanes) is 1. The van der Waals surface area contributed by atoms with Crippen LogP contribution in [-0.2, 0) is 22.2 Å². The number of para-hydroxylation sites is 1. The van der Waals surface area contributed by atoms with Gasteiger partial charge in [-0.3, -0.25) is 9.36 Å². The maximum atomic E-state index is 12.5. The highest BCUT2D eigenvalue weighted by Crippen LogP contribution is 2.42. The summed E-state index contributed by atoms with van der Waals surface area (Å²) >= 11 is 0. The molecule has 2 aromatic carbocycles. The topological polar surface area (TPSA) is 57.6 Å². The molecule has 1 amide bonds. The summed E-state index contributed by atoms with van der Waals surface area (Å²) in [6.45, 7) is 0.603. The average Bonchev–Trinajstić information content (AvgIpc) is 3.03. The number of carbonyl (C=O) groups is 1. The summed E-state index contributed by atoms with van der Waals surface area (Å²) in [6.07, 6.45) is 3.18. The van der Waals surface area contributed by atoms with Crippen molar-refractivity contribution in [2.45, 2.75) is 25.7 Å². The molecule has 0 radical (unpaired) electrons. The molecule has 0 saturated carbocycles. The third-order valence-electron chi connectivity index (χ3n) is 4.64. The fourth-order valence-electron chi connectivity index (χ4n) is 3.31. The van der Waals surface area contributed by atoms with Gasteiger partial charge in [-0.05, 0) is 42.9 Å². The van der Waals surface area contributed by atoms with Gasteiger partial charge < -0.3 is 9.79 Å². The Bertz CT molecular complexity index is 776. The lowest BCUT2D eigenvalue weighted by molar-refractivity contribution is -0.116. The number of amides is 1. The predicted molar refractivity (Wildman–Crippen MR) is 101 cm³/mol. The number of fused-ring (bicyclic) bond motifs is 1. The molecule has 0 aliphatic carbocycles. The van der Waals surface area contributed by atoms with Crippen LogP contribution in [0, 0.1) is 0 Å². The van der Waals surface area contributed by atoms with Crippen molar-refractivity contribution in [1.82, 2.24) is 0 Å². The van der Waals surface area contributed by atoms with E-state index in [0.29, 0.717) is 13.0 Å². The minimum absolute atomic E-state index is 0.209. The molecule has 4 nitrogen and oxygen atoms in total. The third kappa shape index (κ3) is 4.81. The molecule has 132 valence electrons. The van der Waals surface area contributed by atoms with E-state index >= 15 is 0 Å². The lowest BCUT2D eigenvalue weighted by Gasteiger charge is -2.19. The molecular weight excluding hydrogens is 333 g/mol. The predicted octanol–water partition coefficient (Wildman–Crippen LogP) is 3.87. The van der Waals surface area contributed by atoms with Gasteiger partial charge >= 0.3 is 0 Å². The van der Waals surface area contributed by atoms with Crippen LogP contribution in [0.4, 0.5) is 5.69 Å². The Morgan fingerprint density at radius 3 is 2.56 bits per heavy atom. The van der Waals surface area contributed by atoms with Crippen LogP contribution in [-0.4, -0.2) is 29.7 Å². The first kappa shape index (κ1) is 17.9. The van der Waals surface area contributed by atoms with E-state index in [1.54, 1.807) is 4.90 Å². The number of carbonyl (C=O) groups excluding carboxylic acids is 1. The van der Waals surface area contributed by atoms with Crippen LogP contribution in [0.5, 0.6) is 0 Å². The number of benzene rings is 2. The molecule has 5 heteroatoms. The normalized spacial score (nSPS) is 15.6. The van der Waals surface area contributed by atoms with E-state index < -0.39 is 7.37 Å². The van der Waals surface area contributed by atoms with Gasteiger partial charge in [-0.25, -0.2) is 0 Å². The molecule has 2 aromatic rings. The molecular formula is C20H24NO3P. The van der Waals surface area contributed by atoms with E-state index in [0.717, 1.165) is 30.5 Å². The Morgan fingerprint density at radius 2 is 1.76 bits per heavy atom. The lowest BCUT2D eigenvalue weighted by Crippen LogP contribution is -2.31. The number of hydrogen-bond acceptors (Lipinski definition) is 2. The number of rotatable bonds is 7. The SMILES string of the molecule is O=C(CP(=O)(O)CCCCc1ccccc1)N1CCc2ccccc21. The van der Waals surface area contributed by atoms with Crippen LogP contribution < -0.4 is 4.90 Å². The molecule has 1 aliphatic rings. The zero-order valence-corrected chi connectivity index (χ0v) is 15.2. The van der Waals surface area contributed by atoms with Gasteiger partial charge in [0.25, 0.3) is 0 Å². The van der Waals surface area contributed by atoms with Crippen molar-refractivity contribution in [3.8, 4) is 0 Å². The van der Waals surface area contributed by atoms with Gasteiger partial charge in [0.15, 0.2) is 0 Å². The van der Waals surface area contributed by atoms with Gasteiger partial charge in [0, 0.05) is 18.4 Å². The van der Waals surface area contributed by atoms with Gasteiger partial charge in [-0.2, -0.15) is 0 Å². The van der Waals surface area contributed by atoms with Crippen LogP contribution in [0.25, 0.3) is 0 Å². The van der Waals surface area contributed by atoms with E-state index in [1.165, 1.54) is 5.56 Å². The number of anilines is 1. The van der Waals surface area contributed by atoms with E-state index in [4.69, 9.17) is 0 Å². The van der Waals surface area contributed by atoms with Crippen molar-refractivity contribution < 1.29 is 14.3 Å². The van der Waals surface area contributed by atoms with Gasteiger partial charge in [0.1, 0.15) is 6.16 Å². The summed E-state index contributed by atoms with van der Waals surface area (Å²) in [5, 5.41) is 0. The molecule has 1 atom stereocenters. The number of nitrogens with zero attached hydrogens (tertiary/aromatic N) is 1. The molecule has 1 unspecified atom stereocenters. The highest BCUT2D eigenvalue weighted by molar-refractivity contribution is 7.59. The summed E-state index contributed by atoms with van der Waals surface area (Å²) < 4.78 is 12.4. The Morgan fingerprint density at radius 1 is 1.04 bits per heavy atom. The van der Waals surface area contributed by atoms with Crippen LogP contribution in [0.3, 0.4) is 0 Å². The molecule has 1 N–H and O–H groups in total. The monoisotopic (exact) mass is 357 g/mol.